The van der Waals surface area contributed by atoms with Crippen LogP contribution >= 0.6 is 0 Å². The van der Waals surface area contributed by atoms with E-state index in [1.54, 1.807) is 36.4 Å². The molecular formula is C21H24N2O3. The molecule has 0 radical (unpaired) electrons. The second-order valence-electron chi connectivity index (χ2n) is 6.59. The number of para-hydroxylation sites is 1. The number of hydrogen-bond acceptors (Lipinski definition) is 4. The first-order valence-corrected chi connectivity index (χ1v) is 8.94. The van der Waals surface area contributed by atoms with Crippen molar-refractivity contribution in [3.8, 4) is 5.75 Å². The van der Waals surface area contributed by atoms with Crippen molar-refractivity contribution in [2.75, 3.05) is 26.7 Å². The van der Waals surface area contributed by atoms with Crippen LogP contribution in [0, 0.1) is 0 Å². The van der Waals surface area contributed by atoms with E-state index in [4.69, 9.17) is 4.74 Å². The van der Waals surface area contributed by atoms with Crippen molar-refractivity contribution in [3.63, 3.8) is 0 Å². The molecule has 1 fully saturated rings. The van der Waals surface area contributed by atoms with E-state index in [-0.39, 0.29) is 24.3 Å². The molecule has 5 heteroatoms. The Morgan fingerprint density at radius 3 is 2.42 bits per heavy atom. The van der Waals surface area contributed by atoms with Crippen LogP contribution in [0.1, 0.15) is 33.6 Å². The second kappa shape index (κ2) is 8.63. The molecule has 1 aliphatic rings. The maximum atomic E-state index is 12.5. The van der Waals surface area contributed by atoms with Gasteiger partial charge in [-0.3, -0.25) is 9.59 Å². The number of rotatable bonds is 6. The van der Waals surface area contributed by atoms with Crippen molar-refractivity contribution in [2.45, 2.75) is 18.9 Å². The number of carbonyl (C=O) groups excluding carboxylic acids is 2. The Morgan fingerprint density at radius 2 is 1.69 bits per heavy atom. The Kier molecular flexibility index (Phi) is 6.02. The van der Waals surface area contributed by atoms with E-state index >= 15 is 0 Å². The molecule has 0 saturated carbocycles. The van der Waals surface area contributed by atoms with Crippen LogP contribution in [0.25, 0.3) is 0 Å². The van der Waals surface area contributed by atoms with Gasteiger partial charge in [-0.05, 0) is 32.0 Å². The number of ether oxygens (including phenoxy) is 1. The summed E-state index contributed by atoms with van der Waals surface area (Å²) >= 11 is 0. The number of nitrogens with one attached hydrogen (secondary N) is 1. The highest BCUT2D eigenvalue weighted by molar-refractivity contribution is 6.03. The van der Waals surface area contributed by atoms with Gasteiger partial charge in [-0.25, -0.2) is 0 Å². The SMILES string of the molecule is CN1CCC(Oc2ccccc2C(=O)NCC(=O)c2ccccc2)CC1. The van der Waals surface area contributed by atoms with E-state index < -0.39 is 0 Å². The molecule has 3 rings (SSSR count). The molecule has 2 aromatic rings. The molecule has 1 amide bonds. The third-order valence-electron chi connectivity index (χ3n) is 4.60. The number of hydrogen-bond donors (Lipinski definition) is 1. The highest BCUT2D eigenvalue weighted by atomic mass is 16.5. The molecule has 0 atom stereocenters. The monoisotopic (exact) mass is 352 g/mol. The van der Waals surface area contributed by atoms with E-state index in [0.29, 0.717) is 16.9 Å². The Labute approximate surface area is 154 Å². The van der Waals surface area contributed by atoms with Gasteiger partial charge in [0.05, 0.1) is 12.1 Å². The van der Waals surface area contributed by atoms with Gasteiger partial charge in [0.25, 0.3) is 5.91 Å². The van der Waals surface area contributed by atoms with Crippen molar-refractivity contribution >= 4 is 11.7 Å². The summed E-state index contributed by atoms with van der Waals surface area (Å²) in [6.07, 6.45) is 2.00. The number of nitrogens with zero attached hydrogens (tertiary/aromatic N) is 1. The van der Waals surface area contributed by atoms with Gasteiger partial charge in [0.2, 0.25) is 0 Å². The fourth-order valence-corrected chi connectivity index (χ4v) is 3.02. The lowest BCUT2D eigenvalue weighted by atomic mass is 10.1. The fraction of sp³-hybridized carbons (Fsp3) is 0.333. The highest BCUT2D eigenvalue weighted by Crippen LogP contribution is 2.22. The van der Waals surface area contributed by atoms with E-state index in [1.807, 2.05) is 18.2 Å². The zero-order valence-electron chi connectivity index (χ0n) is 15.0. The predicted molar refractivity (Wildman–Crippen MR) is 101 cm³/mol. The average Bonchev–Trinajstić information content (AvgIpc) is 2.68. The zero-order valence-corrected chi connectivity index (χ0v) is 15.0. The molecule has 26 heavy (non-hydrogen) atoms. The van der Waals surface area contributed by atoms with E-state index in [0.717, 1.165) is 25.9 Å². The minimum Gasteiger partial charge on any atom is -0.489 e. The first kappa shape index (κ1) is 18.1. The molecule has 5 nitrogen and oxygen atoms in total. The average molecular weight is 352 g/mol. The third kappa shape index (κ3) is 4.70. The largest absolute Gasteiger partial charge is 0.489 e. The summed E-state index contributed by atoms with van der Waals surface area (Å²) < 4.78 is 6.07. The predicted octanol–water partition coefficient (Wildman–Crippen LogP) is 2.77. The molecule has 0 bridgehead atoms. The number of likely N-dealkylation sites (tertiary alicyclic amines) is 1. The Hall–Kier alpha value is -2.66. The Balaban J connectivity index is 1.61. The van der Waals surface area contributed by atoms with Crippen LogP contribution in [0.4, 0.5) is 0 Å². The quantitative estimate of drug-likeness (QED) is 0.812. The van der Waals surface area contributed by atoms with Gasteiger partial charge in [0.1, 0.15) is 11.9 Å². The summed E-state index contributed by atoms with van der Waals surface area (Å²) in [5, 5.41) is 2.71. The fourth-order valence-electron chi connectivity index (χ4n) is 3.02. The molecule has 1 saturated heterocycles. The molecule has 2 aromatic carbocycles. The molecule has 0 unspecified atom stereocenters. The number of benzene rings is 2. The first-order valence-electron chi connectivity index (χ1n) is 8.94. The van der Waals surface area contributed by atoms with Crippen molar-refractivity contribution in [3.05, 3.63) is 65.7 Å². The summed E-state index contributed by atoms with van der Waals surface area (Å²) in [6.45, 7) is 1.95. The van der Waals surface area contributed by atoms with Crippen molar-refractivity contribution < 1.29 is 14.3 Å². The summed E-state index contributed by atoms with van der Waals surface area (Å²) in [5.41, 5.74) is 1.05. The van der Waals surface area contributed by atoms with Gasteiger partial charge < -0.3 is 15.0 Å². The topological polar surface area (TPSA) is 58.6 Å². The molecular weight excluding hydrogens is 328 g/mol. The second-order valence-corrected chi connectivity index (χ2v) is 6.59. The van der Waals surface area contributed by atoms with Crippen LogP contribution in [-0.4, -0.2) is 49.4 Å². The highest BCUT2D eigenvalue weighted by Gasteiger charge is 2.21. The third-order valence-corrected chi connectivity index (χ3v) is 4.60. The number of piperidine rings is 1. The smallest absolute Gasteiger partial charge is 0.255 e. The Morgan fingerprint density at radius 1 is 1.04 bits per heavy atom. The number of ketones is 1. The minimum absolute atomic E-state index is 0.0363. The van der Waals surface area contributed by atoms with Gasteiger partial charge >= 0.3 is 0 Å². The van der Waals surface area contributed by atoms with E-state index in [9.17, 15) is 9.59 Å². The van der Waals surface area contributed by atoms with Gasteiger partial charge in [0, 0.05) is 18.7 Å². The van der Waals surface area contributed by atoms with Gasteiger partial charge in [0.15, 0.2) is 5.78 Å². The van der Waals surface area contributed by atoms with Gasteiger partial charge in [-0.2, -0.15) is 0 Å². The molecule has 1 heterocycles. The van der Waals surface area contributed by atoms with E-state index in [2.05, 4.69) is 17.3 Å². The molecule has 0 aromatic heterocycles. The van der Waals surface area contributed by atoms with Crippen molar-refractivity contribution in [1.82, 2.24) is 10.2 Å². The molecule has 0 spiro atoms. The van der Waals surface area contributed by atoms with Crippen LogP contribution in [-0.2, 0) is 0 Å². The zero-order chi connectivity index (χ0) is 18.4. The molecule has 0 aliphatic carbocycles. The van der Waals surface area contributed by atoms with Crippen LogP contribution in [0.5, 0.6) is 5.75 Å². The number of carbonyl (C=O) groups is 2. The van der Waals surface area contributed by atoms with Crippen molar-refractivity contribution in [2.24, 2.45) is 0 Å². The lowest BCUT2D eigenvalue weighted by Crippen LogP contribution is -2.36. The summed E-state index contributed by atoms with van der Waals surface area (Å²) in [5.74, 6) is 0.164. The van der Waals surface area contributed by atoms with Crippen LogP contribution in [0.15, 0.2) is 54.6 Å². The summed E-state index contributed by atoms with van der Waals surface area (Å²) in [4.78, 5) is 27.0. The maximum Gasteiger partial charge on any atom is 0.255 e. The summed E-state index contributed by atoms with van der Waals surface area (Å²) in [7, 11) is 2.10. The lowest BCUT2D eigenvalue weighted by Gasteiger charge is -2.29. The van der Waals surface area contributed by atoms with Gasteiger partial charge in [-0.1, -0.05) is 42.5 Å². The number of Topliss-reactive ketones (excluding diaryl/α,β-unsaturated/α-hetero) is 1. The van der Waals surface area contributed by atoms with Crippen molar-refractivity contribution in [1.29, 1.82) is 0 Å². The maximum absolute atomic E-state index is 12.5. The van der Waals surface area contributed by atoms with Gasteiger partial charge in [-0.15, -0.1) is 0 Å². The van der Waals surface area contributed by atoms with Crippen LogP contribution in [0.3, 0.4) is 0 Å². The minimum atomic E-state index is -0.294. The van der Waals surface area contributed by atoms with Crippen LogP contribution < -0.4 is 10.1 Å². The number of amides is 1. The Bertz CT molecular complexity index is 753. The normalized spacial score (nSPS) is 15.4. The standard InChI is InChI=1S/C21H24N2O3/c1-23-13-11-17(12-14-23)26-20-10-6-5-9-18(20)21(25)22-15-19(24)16-7-3-2-4-8-16/h2-10,17H,11-15H2,1H3,(H,22,25). The molecule has 1 aliphatic heterocycles. The lowest BCUT2D eigenvalue weighted by molar-refractivity contribution is 0.0888. The first-order chi connectivity index (χ1) is 12.6. The summed E-state index contributed by atoms with van der Waals surface area (Å²) in [6, 6.07) is 16.1. The molecule has 1 N–H and O–H groups in total. The van der Waals surface area contributed by atoms with Crippen LogP contribution in [0.2, 0.25) is 0 Å². The van der Waals surface area contributed by atoms with E-state index in [1.165, 1.54) is 0 Å². The molecule has 136 valence electrons.